The molecule has 0 unspecified atom stereocenters. The molecule has 2 heteroatoms. The summed E-state index contributed by atoms with van der Waals surface area (Å²) in [6.45, 7) is 0. The van der Waals surface area contributed by atoms with Crippen molar-refractivity contribution in [1.82, 2.24) is 0 Å². The summed E-state index contributed by atoms with van der Waals surface area (Å²) in [4.78, 5) is 2.69. The standard InChI is InChI=1S/C15H17NS/c16-15(10-4-5-11-15)14-9-8-13(17-14)12-6-2-1-3-7-12/h1-3,6-9H,4-5,10-11,16H2. The second-order valence-corrected chi connectivity index (χ2v) is 5.98. The Hall–Kier alpha value is -1.12. The molecular weight excluding hydrogens is 226 g/mol. The lowest BCUT2D eigenvalue weighted by molar-refractivity contribution is 0.472. The molecule has 0 spiro atoms. The first-order chi connectivity index (χ1) is 8.28. The fraction of sp³-hybridized carbons (Fsp3) is 0.333. The molecule has 17 heavy (non-hydrogen) atoms. The van der Waals surface area contributed by atoms with Gasteiger partial charge in [0.2, 0.25) is 0 Å². The van der Waals surface area contributed by atoms with Gasteiger partial charge in [0.15, 0.2) is 0 Å². The Morgan fingerprint density at radius 1 is 0.941 bits per heavy atom. The molecule has 1 heterocycles. The van der Waals surface area contributed by atoms with E-state index in [1.165, 1.54) is 28.2 Å². The van der Waals surface area contributed by atoms with Crippen LogP contribution in [0.4, 0.5) is 0 Å². The molecule has 1 aliphatic rings. The minimum absolute atomic E-state index is 0.0440. The molecule has 1 aromatic carbocycles. The highest BCUT2D eigenvalue weighted by molar-refractivity contribution is 7.15. The van der Waals surface area contributed by atoms with Crippen LogP contribution in [0.2, 0.25) is 0 Å². The average Bonchev–Trinajstić information content (AvgIpc) is 2.99. The lowest BCUT2D eigenvalue weighted by Crippen LogP contribution is -2.31. The van der Waals surface area contributed by atoms with E-state index in [1.54, 1.807) is 0 Å². The molecule has 2 aromatic rings. The third kappa shape index (κ3) is 2.03. The summed E-state index contributed by atoms with van der Waals surface area (Å²) in [5.74, 6) is 0. The van der Waals surface area contributed by atoms with Crippen LogP contribution in [-0.4, -0.2) is 0 Å². The van der Waals surface area contributed by atoms with E-state index in [2.05, 4.69) is 42.5 Å². The van der Waals surface area contributed by atoms with Crippen LogP contribution in [0.1, 0.15) is 30.6 Å². The fourth-order valence-corrected chi connectivity index (χ4v) is 3.79. The molecule has 3 rings (SSSR count). The summed E-state index contributed by atoms with van der Waals surface area (Å²) in [7, 11) is 0. The van der Waals surface area contributed by atoms with Gasteiger partial charge in [-0.25, -0.2) is 0 Å². The smallest absolute Gasteiger partial charge is 0.0504 e. The van der Waals surface area contributed by atoms with Gasteiger partial charge in [-0.3, -0.25) is 0 Å². The van der Waals surface area contributed by atoms with Gasteiger partial charge in [-0.1, -0.05) is 43.2 Å². The maximum absolute atomic E-state index is 6.48. The predicted molar refractivity (Wildman–Crippen MR) is 74.1 cm³/mol. The Labute approximate surface area is 106 Å². The molecule has 1 nitrogen and oxygen atoms in total. The molecule has 0 radical (unpaired) electrons. The predicted octanol–water partition coefficient (Wildman–Crippen LogP) is 4.14. The zero-order chi connectivity index (χ0) is 11.7. The van der Waals surface area contributed by atoms with E-state index >= 15 is 0 Å². The molecule has 88 valence electrons. The number of rotatable bonds is 2. The van der Waals surface area contributed by atoms with Crippen LogP contribution in [-0.2, 0) is 5.54 Å². The Morgan fingerprint density at radius 2 is 1.65 bits per heavy atom. The van der Waals surface area contributed by atoms with Crippen molar-refractivity contribution < 1.29 is 0 Å². The number of thiophene rings is 1. The van der Waals surface area contributed by atoms with Crippen LogP contribution in [0.3, 0.4) is 0 Å². The minimum atomic E-state index is -0.0440. The van der Waals surface area contributed by atoms with Crippen LogP contribution < -0.4 is 5.73 Å². The summed E-state index contributed by atoms with van der Waals surface area (Å²) in [5.41, 5.74) is 7.73. The molecule has 1 saturated carbocycles. The van der Waals surface area contributed by atoms with Crippen LogP contribution in [0.15, 0.2) is 42.5 Å². The van der Waals surface area contributed by atoms with Gasteiger partial charge in [0.1, 0.15) is 0 Å². The SMILES string of the molecule is NC1(c2ccc(-c3ccccc3)s2)CCCC1. The summed E-state index contributed by atoms with van der Waals surface area (Å²) in [6, 6.07) is 15.0. The van der Waals surface area contributed by atoms with E-state index in [1.807, 2.05) is 11.3 Å². The first-order valence-corrected chi connectivity index (χ1v) is 7.04. The monoisotopic (exact) mass is 243 g/mol. The second kappa shape index (κ2) is 4.28. The molecule has 0 amide bonds. The summed E-state index contributed by atoms with van der Waals surface area (Å²) >= 11 is 1.86. The normalized spacial score (nSPS) is 18.4. The molecule has 1 aromatic heterocycles. The van der Waals surface area contributed by atoms with Crippen molar-refractivity contribution in [3.05, 3.63) is 47.3 Å². The Morgan fingerprint density at radius 3 is 2.35 bits per heavy atom. The van der Waals surface area contributed by atoms with Gasteiger partial charge >= 0.3 is 0 Å². The Kier molecular flexibility index (Phi) is 2.77. The molecule has 0 aliphatic heterocycles. The van der Waals surface area contributed by atoms with E-state index < -0.39 is 0 Å². The summed E-state index contributed by atoms with van der Waals surface area (Å²) < 4.78 is 0. The Balaban J connectivity index is 1.93. The van der Waals surface area contributed by atoms with Crippen LogP contribution in [0.25, 0.3) is 10.4 Å². The zero-order valence-electron chi connectivity index (χ0n) is 9.86. The van der Waals surface area contributed by atoms with E-state index in [9.17, 15) is 0 Å². The third-order valence-corrected chi connectivity index (χ3v) is 5.01. The highest BCUT2D eigenvalue weighted by atomic mass is 32.1. The molecule has 2 N–H and O–H groups in total. The van der Waals surface area contributed by atoms with Gasteiger partial charge < -0.3 is 5.73 Å². The topological polar surface area (TPSA) is 26.0 Å². The second-order valence-electron chi connectivity index (χ2n) is 4.89. The van der Waals surface area contributed by atoms with Gasteiger partial charge in [-0.05, 0) is 30.5 Å². The summed E-state index contributed by atoms with van der Waals surface area (Å²) in [6.07, 6.45) is 4.83. The van der Waals surface area contributed by atoms with Crippen molar-refractivity contribution in [1.29, 1.82) is 0 Å². The lowest BCUT2D eigenvalue weighted by atomic mass is 9.97. The molecule has 1 fully saturated rings. The largest absolute Gasteiger partial charge is 0.321 e. The van der Waals surface area contributed by atoms with E-state index in [0.29, 0.717) is 0 Å². The molecular formula is C15H17NS. The van der Waals surface area contributed by atoms with E-state index in [4.69, 9.17) is 5.73 Å². The highest BCUT2D eigenvalue weighted by Gasteiger charge is 2.32. The summed E-state index contributed by atoms with van der Waals surface area (Å²) in [5, 5.41) is 0. The highest BCUT2D eigenvalue weighted by Crippen LogP contribution is 2.41. The first kappa shape index (κ1) is 11.0. The van der Waals surface area contributed by atoms with E-state index in [-0.39, 0.29) is 5.54 Å². The molecule has 0 bridgehead atoms. The van der Waals surface area contributed by atoms with Crippen molar-refractivity contribution in [3.63, 3.8) is 0 Å². The Bertz CT molecular complexity index is 495. The van der Waals surface area contributed by atoms with Gasteiger partial charge in [-0.2, -0.15) is 0 Å². The maximum atomic E-state index is 6.48. The van der Waals surface area contributed by atoms with Gasteiger partial charge in [0, 0.05) is 9.75 Å². The zero-order valence-corrected chi connectivity index (χ0v) is 10.7. The third-order valence-electron chi connectivity index (χ3n) is 3.65. The van der Waals surface area contributed by atoms with Crippen molar-refractivity contribution in [2.24, 2.45) is 5.73 Å². The van der Waals surface area contributed by atoms with Gasteiger partial charge in [-0.15, -0.1) is 11.3 Å². The van der Waals surface area contributed by atoms with Crippen LogP contribution >= 0.6 is 11.3 Å². The van der Waals surface area contributed by atoms with Crippen molar-refractivity contribution >= 4 is 11.3 Å². The first-order valence-electron chi connectivity index (χ1n) is 6.23. The van der Waals surface area contributed by atoms with E-state index in [0.717, 1.165) is 12.8 Å². The van der Waals surface area contributed by atoms with Gasteiger partial charge in [0.05, 0.1) is 5.54 Å². The molecule has 1 aliphatic carbocycles. The van der Waals surface area contributed by atoms with Crippen molar-refractivity contribution in [3.8, 4) is 10.4 Å². The number of nitrogens with two attached hydrogens (primary N) is 1. The minimum Gasteiger partial charge on any atom is -0.321 e. The van der Waals surface area contributed by atoms with Crippen LogP contribution in [0.5, 0.6) is 0 Å². The molecule has 0 saturated heterocycles. The number of hydrogen-bond acceptors (Lipinski definition) is 2. The number of benzene rings is 1. The molecule has 0 atom stereocenters. The average molecular weight is 243 g/mol. The fourth-order valence-electron chi connectivity index (χ4n) is 2.62. The van der Waals surface area contributed by atoms with Crippen molar-refractivity contribution in [2.75, 3.05) is 0 Å². The maximum Gasteiger partial charge on any atom is 0.0504 e. The lowest BCUT2D eigenvalue weighted by Gasteiger charge is -2.21. The van der Waals surface area contributed by atoms with Crippen LogP contribution in [0, 0.1) is 0 Å². The van der Waals surface area contributed by atoms with Gasteiger partial charge in [0.25, 0.3) is 0 Å². The quantitative estimate of drug-likeness (QED) is 0.842. The van der Waals surface area contributed by atoms with Crippen molar-refractivity contribution in [2.45, 2.75) is 31.2 Å². The number of hydrogen-bond donors (Lipinski definition) is 1.